The fraction of sp³-hybridized carbons (Fsp3) is 0.429. The summed E-state index contributed by atoms with van der Waals surface area (Å²) >= 11 is 0. The molecule has 1 N–H and O–H groups in total. The molecule has 2 nitrogen and oxygen atoms in total. The Balaban J connectivity index is 1.95. The van der Waals surface area contributed by atoms with Gasteiger partial charge in [0.05, 0.1) is 0 Å². The molecule has 3 rings (SSSR count). The van der Waals surface area contributed by atoms with Crippen LogP contribution in [0.3, 0.4) is 0 Å². The molecule has 0 aliphatic carbocycles. The summed E-state index contributed by atoms with van der Waals surface area (Å²) in [5, 5.41) is 0.771. The van der Waals surface area contributed by atoms with Crippen molar-refractivity contribution in [2.24, 2.45) is 0 Å². The number of likely N-dealkylation sites (N-methyl/N-ethyl adjacent to an activating group) is 1. The van der Waals surface area contributed by atoms with Gasteiger partial charge < -0.3 is 9.88 Å². The molecule has 1 aromatic carbocycles. The van der Waals surface area contributed by atoms with E-state index in [0.29, 0.717) is 6.04 Å². The molecule has 2 aromatic rings. The van der Waals surface area contributed by atoms with E-state index in [9.17, 15) is 4.39 Å². The SMILES string of the molecule is CN1CCC[C@@H]1Cc1c[nH]c2cccc(F)c12. The lowest BCUT2D eigenvalue weighted by atomic mass is 10.0. The Morgan fingerprint density at radius 2 is 2.35 bits per heavy atom. The van der Waals surface area contributed by atoms with Gasteiger partial charge in [-0.1, -0.05) is 6.07 Å². The number of rotatable bonds is 2. The van der Waals surface area contributed by atoms with Crippen LogP contribution in [0.4, 0.5) is 4.39 Å². The fourth-order valence-corrected chi connectivity index (χ4v) is 2.86. The van der Waals surface area contributed by atoms with Gasteiger partial charge in [0.15, 0.2) is 0 Å². The molecule has 1 atom stereocenters. The van der Waals surface area contributed by atoms with E-state index in [1.165, 1.54) is 18.9 Å². The maximum absolute atomic E-state index is 13.8. The Hall–Kier alpha value is -1.35. The van der Waals surface area contributed by atoms with Crippen LogP contribution >= 0.6 is 0 Å². The molecule has 1 saturated heterocycles. The molecule has 17 heavy (non-hydrogen) atoms. The molecule has 1 aliphatic heterocycles. The van der Waals surface area contributed by atoms with Crippen LogP contribution in [0.15, 0.2) is 24.4 Å². The number of likely N-dealkylation sites (tertiary alicyclic amines) is 1. The van der Waals surface area contributed by atoms with Crippen molar-refractivity contribution in [1.29, 1.82) is 0 Å². The number of fused-ring (bicyclic) bond motifs is 1. The average molecular weight is 232 g/mol. The number of hydrogen-bond donors (Lipinski definition) is 1. The summed E-state index contributed by atoms with van der Waals surface area (Å²) in [6, 6.07) is 5.78. The normalized spacial score (nSPS) is 21.4. The highest BCUT2D eigenvalue weighted by Gasteiger charge is 2.22. The van der Waals surface area contributed by atoms with Crippen LogP contribution in [0.2, 0.25) is 0 Å². The lowest BCUT2D eigenvalue weighted by Gasteiger charge is -2.18. The Bertz CT molecular complexity index is 532. The molecule has 1 aliphatic rings. The number of hydrogen-bond acceptors (Lipinski definition) is 1. The van der Waals surface area contributed by atoms with Gasteiger partial charge in [0.2, 0.25) is 0 Å². The zero-order valence-corrected chi connectivity index (χ0v) is 10.0. The second kappa shape index (κ2) is 4.15. The molecule has 2 heterocycles. The average Bonchev–Trinajstić information content (AvgIpc) is 2.89. The van der Waals surface area contributed by atoms with Crippen LogP contribution in [0, 0.1) is 5.82 Å². The predicted octanol–water partition coefficient (Wildman–Crippen LogP) is 2.94. The molecule has 1 fully saturated rings. The maximum Gasteiger partial charge on any atom is 0.132 e. The number of nitrogens with zero attached hydrogens (tertiary/aromatic N) is 1. The molecule has 3 heteroatoms. The highest BCUT2D eigenvalue weighted by molar-refractivity contribution is 5.83. The third-order valence-corrected chi connectivity index (χ3v) is 3.86. The molecule has 0 unspecified atom stereocenters. The third kappa shape index (κ3) is 1.84. The molecule has 0 saturated carbocycles. The van der Waals surface area contributed by atoms with Crippen molar-refractivity contribution in [2.75, 3.05) is 13.6 Å². The highest BCUT2D eigenvalue weighted by atomic mass is 19.1. The van der Waals surface area contributed by atoms with Crippen molar-refractivity contribution < 1.29 is 4.39 Å². The number of halogens is 1. The number of benzene rings is 1. The molecule has 0 radical (unpaired) electrons. The molecule has 0 bridgehead atoms. The number of H-pyrrole nitrogens is 1. The van der Waals surface area contributed by atoms with E-state index in [2.05, 4.69) is 16.9 Å². The summed E-state index contributed by atoms with van der Waals surface area (Å²) in [5.74, 6) is -0.112. The quantitative estimate of drug-likeness (QED) is 0.843. The van der Waals surface area contributed by atoms with Crippen molar-refractivity contribution in [3.05, 3.63) is 35.8 Å². The van der Waals surface area contributed by atoms with Crippen LogP contribution in [0.25, 0.3) is 10.9 Å². The van der Waals surface area contributed by atoms with Gasteiger partial charge in [-0.3, -0.25) is 0 Å². The lowest BCUT2D eigenvalue weighted by molar-refractivity contribution is 0.309. The number of aromatic nitrogens is 1. The zero-order chi connectivity index (χ0) is 11.8. The van der Waals surface area contributed by atoms with Gasteiger partial charge in [-0.25, -0.2) is 4.39 Å². The standard InChI is InChI=1S/C14H17FN2/c1-17-7-3-4-11(17)8-10-9-16-13-6-2-5-12(15)14(10)13/h2,5-6,9,11,16H,3-4,7-8H2,1H3/t11-/m1/s1. The van der Waals surface area contributed by atoms with E-state index in [4.69, 9.17) is 0 Å². The first-order chi connectivity index (χ1) is 8.25. The first kappa shape index (κ1) is 10.8. The van der Waals surface area contributed by atoms with Gasteiger partial charge in [-0.2, -0.15) is 0 Å². The third-order valence-electron chi connectivity index (χ3n) is 3.86. The second-order valence-corrected chi connectivity index (χ2v) is 4.96. The van der Waals surface area contributed by atoms with E-state index in [-0.39, 0.29) is 5.82 Å². The topological polar surface area (TPSA) is 19.0 Å². The van der Waals surface area contributed by atoms with E-state index in [0.717, 1.165) is 29.4 Å². The van der Waals surface area contributed by atoms with Gasteiger partial charge in [0.1, 0.15) is 5.82 Å². The number of nitrogens with one attached hydrogen (secondary N) is 1. The summed E-state index contributed by atoms with van der Waals surface area (Å²) in [6.07, 6.45) is 5.38. The Morgan fingerprint density at radius 1 is 1.47 bits per heavy atom. The zero-order valence-electron chi connectivity index (χ0n) is 10.0. The van der Waals surface area contributed by atoms with Gasteiger partial charge in [-0.05, 0) is 50.6 Å². The van der Waals surface area contributed by atoms with Gasteiger partial charge in [-0.15, -0.1) is 0 Å². The summed E-state index contributed by atoms with van der Waals surface area (Å²) in [7, 11) is 2.16. The summed E-state index contributed by atoms with van der Waals surface area (Å²) in [6.45, 7) is 1.16. The van der Waals surface area contributed by atoms with E-state index in [1.807, 2.05) is 12.3 Å². The summed E-state index contributed by atoms with van der Waals surface area (Å²) < 4.78 is 13.8. The smallest absolute Gasteiger partial charge is 0.132 e. The van der Waals surface area contributed by atoms with E-state index in [1.54, 1.807) is 6.07 Å². The number of aromatic amines is 1. The summed E-state index contributed by atoms with van der Waals surface area (Å²) in [5.41, 5.74) is 2.01. The molecule has 0 spiro atoms. The molecular formula is C14H17FN2. The molecule has 1 aromatic heterocycles. The Morgan fingerprint density at radius 3 is 3.12 bits per heavy atom. The van der Waals surface area contributed by atoms with Crippen molar-refractivity contribution in [3.63, 3.8) is 0 Å². The van der Waals surface area contributed by atoms with Crippen LogP contribution in [-0.4, -0.2) is 29.5 Å². The summed E-state index contributed by atoms with van der Waals surface area (Å²) in [4.78, 5) is 5.53. The van der Waals surface area contributed by atoms with Crippen LogP contribution < -0.4 is 0 Å². The molecule has 90 valence electrons. The van der Waals surface area contributed by atoms with Gasteiger partial charge in [0.25, 0.3) is 0 Å². The van der Waals surface area contributed by atoms with Crippen molar-refractivity contribution in [2.45, 2.75) is 25.3 Å². The van der Waals surface area contributed by atoms with Crippen molar-refractivity contribution in [3.8, 4) is 0 Å². The minimum atomic E-state index is -0.112. The molecule has 0 amide bonds. The Kier molecular flexibility index (Phi) is 2.63. The lowest BCUT2D eigenvalue weighted by Crippen LogP contribution is -2.26. The van der Waals surface area contributed by atoms with Gasteiger partial charge >= 0.3 is 0 Å². The first-order valence-corrected chi connectivity index (χ1v) is 6.20. The minimum absolute atomic E-state index is 0.112. The minimum Gasteiger partial charge on any atom is -0.361 e. The van der Waals surface area contributed by atoms with Crippen LogP contribution in [-0.2, 0) is 6.42 Å². The van der Waals surface area contributed by atoms with E-state index >= 15 is 0 Å². The van der Waals surface area contributed by atoms with Crippen molar-refractivity contribution >= 4 is 10.9 Å². The van der Waals surface area contributed by atoms with E-state index < -0.39 is 0 Å². The highest BCUT2D eigenvalue weighted by Crippen LogP contribution is 2.26. The van der Waals surface area contributed by atoms with Gasteiger partial charge in [0, 0.05) is 23.1 Å². The van der Waals surface area contributed by atoms with Crippen LogP contribution in [0.1, 0.15) is 18.4 Å². The van der Waals surface area contributed by atoms with Crippen LogP contribution in [0.5, 0.6) is 0 Å². The monoisotopic (exact) mass is 232 g/mol. The largest absolute Gasteiger partial charge is 0.361 e. The maximum atomic E-state index is 13.8. The van der Waals surface area contributed by atoms with Crippen molar-refractivity contribution in [1.82, 2.24) is 9.88 Å². The Labute approximate surface area is 100 Å². The molecular weight excluding hydrogens is 215 g/mol. The fourth-order valence-electron chi connectivity index (χ4n) is 2.86. The first-order valence-electron chi connectivity index (χ1n) is 6.20. The predicted molar refractivity (Wildman–Crippen MR) is 67.6 cm³/mol. The second-order valence-electron chi connectivity index (χ2n) is 4.96.